The molecule has 0 radical (unpaired) electrons. The van der Waals surface area contributed by atoms with Crippen molar-refractivity contribution < 1.29 is 4.79 Å². The van der Waals surface area contributed by atoms with Crippen molar-refractivity contribution in [3.05, 3.63) is 51.8 Å². The Hall–Kier alpha value is -1.85. The highest BCUT2D eigenvalue weighted by atomic mass is 35.5. The Balaban J connectivity index is 1.71. The Labute approximate surface area is 147 Å². The number of rotatable bonds is 5. The predicted octanol–water partition coefficient (Wildman–Crippen LogP) is 2.97. The van der Waals surface area contributed by atoms with Crippen LogP contribution in [-0.2, 0) is 12.8 Å². The van der Waals surface area contributed by atoms with Crippen molar-refractivity contribution in [2.45, 2.75) is 31.7 Å². The van der Waals surface area contributed by atoms with Crippen LogP contribution < -0.4 is 5.32 Å². The maximum atomic E-state index is 12.6. The molecule has 0 saturated carbocycles. The van der Waals surface area contributed by atoms with Gasteiger partial charge in [-0.1, -0.05) is 23.7 Å². The van der Waals surface area contributed by atoms with E-state index >= 15 is 0 Å². The normalized spacial score (nSPS) is 15.2. The molecule has 1 amide bonds. The summed E-state index contributed by atoms with van der Waals surface area (Å²) >= 11 is 6.10. The Kier molecular flexibility index (Phi) is 5.21. The van der Waals surface area contributed by atoms with Crippen molar-refractivity contribution in [2.24, 2.45) is 0 Å². The number of hydrogen-bond donors (Lipinski definition) is 2. The van der Waals surface area contributed by atoms with Crippen LogP contribution in [0.3, 0.4) is 0 Å². The largest absolute Gasteiger partial charge is 0.349 e. The molecule has 0 spiro atoms. The minimum Gasteiger partial charge on any atom is -0.349 e. The maximum absolute atomic E-state index is 12.6. The molecular weight excluding hydrogens is 324 g/mol. The van der Waals surface area contributed by atoms with Gasteiger partial charge in [0.05, 0.1) is 6.04 Å². The number of aromatic nitrogens is 2. The van der Waals surface area contributed by atoms with Crippen LogP contribution >= 0.6 is 11.6 Å². The van der Waals surface area contributed by atoms with E-state index in [9.17, 15) is 4.79 Å². The average molecular weight is 347 g/mol. The van der Waals surface area contributed by atoms with Gasteiger partial charge in [0, 0.05) is 22.8 Å². The molecule has 2 aromatic rings. The summed E-state index contributed by atoms with van der Waals surface area (Å²) in [7, 11) is 3.99. The third-order valence-corrected chi connectivity index (χ3v) is 4.82. The van der Waals surface area contributed by atoms with Gasteiger partial charge in [-0.15, -0.1) is 0 Å². The number of carbonyl (C=O) groups is 1. The Bertz CT molecular complexity index is 726. The molecule has 1 aromatic heterocycles. The van der Waals surface area contributed by atoms with E-state index in [1.165, 1.54) is 0 Å². The summed E-state index contributed by atoms with van der Waals surface area (Å²) in [5, 5.41) is 11.0. The van der Waals surface area contributed by atoms with Gasteiger partial charge in [-0.3, -0.25) is 9.89 Å². The molecule has 5 nitrogen and oxygen atoms in total. The van der Waals surface area contributed by atoms with Crippen LogP contribution in [0.2, 0.25) is 5.02 Å². The third-order valence-electron chi connectivity index (χ3n) is 4.58. The van der Waals surface area contributed by atoms with Crippen molar-refractivity contribution in [3.63, 3.8) is 0 Å². The van der Waals surface area contributed by atoms with E-state index in [1.54, 1.807) is 0 Å². The summed E-state index contributed by atoms with van der Waals surface area (Å²) in [6, 6.07) is 7.81. The van der Waals surface area contributed by atoms with Gasteiger partial charge in [-0.25, -0.2) is 0 Å². The molecule has 0 fully saturated rings. The highest BCUT2D eigenvalue weighted by Gasteiger charge is 2.23. The number of likely N-dealkylation sites (N-methyl/N-ethyl adjacent to an activating group) is 1. The van der Waals surface area contributed by atoms with Crippen molar-refractivity contribution >= 4 is 17.5 Å². The summed E-state index contributed by atoms with van der Waals surface area (Å²) in [6.45, 7) is 0.508. The molecule has 1 aromatic carbocycles. The number of nitrogens with one attached hydrogen (secondary N) is 2. The van der Waals surface area contributed by atoms with Gasteiger partial charge in [-0.2, -0.15) is 5.10 Å². The lowest BCUT2D eigenvalue weighted by molar-refractivity contribution is 0.0936. The predicted molar refractivity (Wildman–Crippen MR) is 95.4 cm³/mol. The maximum Gasteiger partial charge on any atom is 0.272 e. The molecule has 128 valence electrons. The topological polar surface area (TPSA) is 61.0 Å². The molecule has 1 aliphatic rings. The molecule has 1 aliphatic carbocycles. The summed E-state index contributed by atoms with van der Waals surface area (Å²) < 4.78 is 0. The SMILES string of the molecule is CN(C)C(CNC(=O)c1n[nH]c2c1CCCC2)c1cccc(Cl)c1. The highest BCUT2D eigenvalue weighted by Crippen LogP contribution is 2.23. The van der Waals surface area contributed by atoms with Gasteiger partial charge >= 0.3 is 0 Å². The van der Waals surface area contributed by atoms with Gasteiger partial charge in [0.15, 0.2) is 5.69 Å². The van der Waals surface area contributed by atoms with Crippen molar-refractivity contribution in [3.8, 4) is 0 Å². The van der Waals surface area contributed by atoms with E-state index in [4.69, 9.17) is 11.6 Å². The molecule has 1 unspecified atom stereocenters. The molecule has 3 rings (SSSR count). The summed E-state index contributed by atoms with van der Waals surface area (Å²) in [5.41, 5.74) is 3.83. The zero-order valence-corrected chi connectivity index (χ0v) is 14.9. The molecular formula is C18H23ClN4O. The van der Waals surface area contributed by atoms with E-state index in [1.807, 2.05) is 38.4 Å². The van der Waals surface area contributed by atoms with Crippen LogP contribution in [0.15, 0.2) is 24.3 Å². The number of halogens is 1. The molecule has 2 N–H and O–H groups in total. The second kappa shape index (κ2) is 7.36. The first-order chi connectivity index (χ1) is 11.6. The van der Waals surface area contributed by atoms with Crippen LogP contribution in [0, 0.1) is 0 Å². The number of carbonyl (C=O) groups excluding carboxylic acids is 1. The standard InChI is InChI=1S/C18H23ClN4O/c1-23(2)16(12-6-5-7-13(19)10-12)11-20-18(24)17-14-8-3-4-9-15(14)21-22-17/h5-7,10,16H,3-4,8-9,11H2,1-2H3,(H,20,24)(H,21,22). The second-order valence-electron chi connectivity index (χ2n) is 6.48. The number of benzene rings is 1. The Morgan fingerprint density at radius 2 is 2.17 bits per heavy atom. The molecule has 0 saturated heterocycles. The number of amides is 1. The Morgan fingerprint density at radius 1 is 1.38 bits per heavy atom. The summed E-state index contributed by atoms with van der Waals surface area (Å²) in [4.78, 5) is 14.6. The third kappa shape index (κ3) is 3.62. The lowest BCUT2D eigenvalue weighted by Gasteiger charge is -2.25. The minimum atomic E-state index is -0.108. The number of fused-ring (bicyclic) bond motifs is 1. The van der Waals surface area contributed by atoms with Crippen LogP contribution in [0.25, 0.3) is 0 Å². The van der Waals surface area contributed by atoms with E-state index in [-0.39, 0.29) is 11.9 Å². The number of H-pyrrole nitrogens is 1. The van der Waals surface area contributed by atoms with Crippen molar-refractivity contribution in [1.29, 1.82) is 0 Å². The van der Waals surface area contributed by atoms with E-state index < -0.39 is 0 Å². The van der Waals surface area contributed by atoms with Crippen molar-refractivity contribution in [1.82, 2.24) is 20.4 Å². The van der Waals surface area contributed by atoms with Gasteiger partial charge < -0.3 is 10.2 Å². The second-order valence-corrected chi connectivity index (χ2v) is 6.92. The van der Waals surface area contributed by atoms with E-state index in [0.717, 1.165) is 42.5 Å². The average Bonchev–Trinajstić information content (AvgIpc) is 2.99. The zero-order valence-electron chi connectivity index (χ0n) is 14.1. The monoisotopic (exact) mass is 346 g/mol. The summed E-state index contributed by atoms with van der Waals surface area (Å²) in [5.74, 6) is -0.108. The molecule has 6 heteroatoms. The number of nitrogens with zero attached hydrogens (tertiary/aromatic N) is 2. The fourth-order valence-electron chi connectivity index (χ4n) is 3.25. The van der Waals surface area contributed by atoms with Gasteiger partial charge in [-0.05, 0) is 57.5 Å². The smallest absolute Gasteiger partial charge is 0.272 e. The lowest BCUT2D eigenvalue weighted by Crippen LogP contribution is -2.35. The van der Waals surface area contributed by atoms with Crippen LogP contribution in [-0.4, -0.2) is 41.6 Å². The molecule has 0 bridgehead atoms. The zero-order chi connectivity index (χ0) is 17.1. The van der Waals surface area contributed by atoms with Gasteiger partial charge in [0.2, 0.25) is 0 Å². The highest BCUT2D eigenvalue weighted by molar-refractivity contribution is 6.30. The van der Waals surface area contributed by atoms with Crippen LogP contribution in [0.1, 0.15) is 46.2 Å². The summed E-state index contributed by atoms with van der Waals surface area (Å²) in [6.07, 6.45) is 4.20. The fraction of sp³-hybridized carbons (Fsp3) is 0.444. The Morgan fingerprint density at radius 3 is 2.92 bits per heavy atom. The molecule has 1 heterocycles. The lowest BCUT2D eigenvalue weighted by atomic mass is 9.95. The number of aromatic amines is 1. The quantitative estimate of drug-likeness (QED) is 0.875. The van der Waals surface area contributed by atoms with Gasteiger partial charge in [0.25, 0.3) is 5.91 Å². The molecule has 24 heavy (non-hydrogen) atoms. The van der Waals surface area contributed by atoms with E-state index in [2.05, 4.69) is 20.4 Å². The first-order valence-electron chi connectivity index (χ1n) is 8.32. The fourth-order valence-corrected chi connectivity index (χ4v) is 3.45. The van der Waals surface area contributed by atoms with Gasteiger partial charge in [0.1, 0.15) is 0 Å². The van der Waals surface area contributed by atoms with E-state index in [0.29, 0.717) is 17.3 Å². The molecule has 0 aliphatic heterocycles. The number of hydrogen-bond acceptors (Lipinski definition) is 3. The first kappa shape index (κ1) is 17.0. The van der Waals surface area contributed by atoms with Crippen LogP contribution in [0.4, 0.5) is 0 Å². The van der Waals surface area contributed by atoms with Crippen LogP contribution in [0.5, 0.6) is 0 Å². The number of aryl methyl sites for hydroxylation is 1. The minimum absolute atomic E-state index is 0.0578. The molecule has 1 atom stereocenters. The first-order valence-corrected chi connectivity index (χ1v) is 8.70. The van der Waals surface area contributed by atoms with Crippen molar-refractivity contribution in [2.75, 3.05) is 20.6 Å².